The number of furan rings is 1. The molecule has 0 spiro atoms. The van der Waals surface area contributed by atoms with Gasteiger partial charge >= 0.3 is 0 Å². The van der Waals surface area contributed by atoms with Gasteiger partial charge in [-0.2, -0.15) is 0 Å². The predicted molar refractivity (Wildman–Crippen MR) is 95.9 cm³/mol. The molecule has 0 bridgehead atoms. The van der Waals surface area contributed by atoms with Crippen LogP contribution in [0.1, 0.15) is 45.3 Å². The van der Waals surface area contributed by atoms with Gasteiger partial charge in [-0.15, -0.1) is 0 Å². The van der Waals surface area contributed by atoms with Crippen molar-refractivity contribution in [2.75, 3.05) is 32.7 Å². The first-order valence-electron chi connectivity index (χ1n) is 9.12. The summed E-state index contributed by atoms with van der Waals surface area (Å²) in [6, 6.07) is 4.55. The molecule has 1 aliphatic heterocycles. The molecule has 0 aliphatic carbocycles. The Hall–Kier alpha value is -1.49. The van der Waals surface area contributed by atoms with Gasteiger partial charge in [0.05, 0.1) is 12.8 Å². The minimum atomic E-state index is 0.606. The smallest absolute Gasteiger partial charge is 0.191 e. The van der Waals surface area contributed by atoms with E-state index < -0.39 is 0 Å². The number of likely N-dealkylation sites (N-methyl/N-ethyl adjacent to an activating group) is 1. The van der Waals surface area contributed by atoms with Crippen LogP contribution in [0.25, 0.3) is 0 Å². The molecule has 0 amide bonds. The molecule has 1 saturated heterocycles. The number of nitrogens with one attached hydrogen (secondary N) is 2. The van der Waals surface area contributed by atoms with Crippen molar-refractivity contribution in [1.82, 2.24) is 15.5 Å². The largest absolute Gasteiger partial charge is 0.469 e. The molecular formula is C18H32N4O. The maximum Gasteiger partial charge on any atom is 0.191 e. The van der Waals surface area contributed by atoms with Crippen LogP contribution in [0.4, 0.5) is 0 Å². The lowest BCUT2D eigenvalue weighted by atomic mass is 10.2. The molecule has 0 aromatic carbocycles. The van der Waals surface area contributed by atoms with Gasteiger partial charge in [-0.1, -0.05) is 20.3 Å². The summed E-state index contributed by atoms with van der Waals surface area (Å²) in [5, 5.41) is 6.88. The average Bonchev–Trinajstić information content (AvgIpc) is 3.23. The molecular weight excluding hydrogens is 288 g/mol. The van der Waals surface area contributed by atoms with Crippen molar-refractivity contribution in [2.24, 2.45) is 4.99 Å². The highest BCUT2D eigenvalue weighted by Crippen LogP contribution is 2.16. The van der Waals surface area contributed by atoms with Crippen molar-refractivity contribution < 1.29 is 4.42 Å². The molecule has 0 radical (unpaired) electrons. The topological polar surface area (TPSA) is 52.8 Å². The summed E-state index contributed by atoms with van der Waals surface area (Å²) >= 11 is 0. The fourth-order valence-corrected chi connectivity index (χ4v) is 3.03. The SMILES string of the molecule is CCCCNC(=NCC1CCCN1CC)NCCc1ccco1. The minimum Gasteiger partial charge on any atom is -0.469 e. The molecule has 1 aromatic heterocycles. The molecule has 2 heterocycles. The summed E-state index contributed by atoms with van der Waals surface area (Å²) in [6.07, 6.45) is 7.54. The number of guanidine groups is 1. The molecule has 2 N–H and O–H groups in total. The summed E-state index contributed by atoms with van der Waals surface area (Å²) in [4.78, 5) is 7.35. The number of rotatable bonds is 9. The van der Waals surface area contributed by atoms with Crippen molar-refractivity contribution in [3.05, 3.63) is 24.2 Å². The molecule has 1 unspecified atom stereocenters. The molecule has 5 nitrogen and oxygen atoms in total. The summed E-state index contributed by atoms with van der Waals surface area (Å²) < 4.78 is 5.38. The van der Waals surface area contributed by atoms with E-state index in [0.717, 1.165) is 44.3 Å². The second-order valence-electron chi connectivity index (χ2n) is 6.15. The Kier molecular flexibility index (Phi) is 8.01. The normalized spacial score (nSPS) is 19.2. The first-order chi connectivity index (χ1) is 11.3. The van der Waals surface area contributed by atoms with Crippen molar-refractivity contribution in [2.45, 2.75) is 52.0 Å². The second kappa shape index (κ2) is 10.3. The Morgan fingerprint density at radius 2 is 2.22 bits per heavy atom. The molecule has 2 rings (SSSR count). The first kappa shape index (κ1) is 17.9. The minimum absolute atomic E-state index is 0.606. The van der Waals surface area contributed by atoms with Crippen LogP contribution >= 0.6 is 0 Å². The molecule has 0 saturated carbocycles. The maximum absolute atomic E-state index is 5.38. The van der Waals surface area contributed by atoms with Crippen LogP contribution in [0.5, 0.6) is 0 Å². The highest BCUT2D eigenvalue weighted by Gasteiger charge is 2.22. The summed E-state index contributed by atoms with van der Waals surface area (Å²) in [6.45, 7) is 9.51. The van der Waals surface area contributed by atoms with E-state index in [9.17, 15) is 0 Å². The van der Waals surface area contributed by atoms with E-state index in [2.05, 4.69) is 29.4 Å². The summed E-state index contributed by atoms with van der Waals surface area (Å²) in [5.41, 5.74) is 0. The zero-order valence-corrected chi connectivity index (χ0v) is 14.7. The zero-order valence-electron chi connectivity index (χ0n) is 14.7. The molecule has 1 aliphatic rings. The predicted octanol–water partition coefficient (Wildman–Crippen LogP) is 2.64. The van der Waals surface area contributed by atoms with Crippen LogP contribution in [0, 0.1) is 0 Å². The van der Waals surface area contributed by atoms with Gasteiger partial charge in [0.25, 0.3) is 0 Å². The van der Waals surface area contributed by atoms with E-state index >= 15 is 0 Å². The van der Waals surface area contributed by atoms with Crippen LogP contribution in [0.2, 0.25) is 0 Å². The Morgan fingerprint density at radius 3 is 2.96 bits per heavy atom. The van der Waals surface area contributed by atoms with Crippen LogP contribution in [0.3, 0.4) is 0 Å². The second-order valence-corrected chi connectivity index (χ2v) is 6.15. The highest BCUT2D eigenvalue weighted by molar-refractivity contribution is 5.79. The van der Waals surface area contributed by atoms with E-state index in [1.165, 1.54) is 32.2 Å². The van der Waals surface area contributed by atoms with E-state index in [0.29, 0.717) is 6.04 Å². The zero-order chi connectivity index (χ0) is 16.3. The molecule has 1 fully saturated rings. The Balaban J connectivity index is 1.80. The van der Waals surface area contributed by atoms with Gasteiger partial charge in [0.2, 0.25) is 0 Å². The van der Waals surface area contributed by atoms with Crippen LogP contribution in [-0.2, 0) is 6.42 Å². The van der Waals surface area contributed by atoms with Crippen LogP contribution in [0.15, 0.2) is 27.8 Å². The van der Waals surface area contributed by atoms with Crippen molar-refractivity contribution in [3.8, 4) is 0 Å². The van der Waals surface area contributed by atoms with Gasteiger partial charge in [0.1, 0.15) is 5.76 Å². The van der Waals surface area contributed by atoms with E-state index in [4.69, 9.17) is 9.41 Å². The van der Waals surface area contributed by atoms with E-state index in [1.807, 2.05) is 12.1 Å². The highest BCUT2D eigenvalue weighted by atomic mass is 16.3. The first-order valence-corrected chi connectivity index (χ1v) is 9.12. The molecule has 1 aromatic rings. The lowest BCUT2D eigenvalue weighted by molar-refractivity contribution is 0.273. The number of likely N-dealkylation sites (tertiary alicyclic amines) is 1. The van der Waals surface area contributed by atoms with Gasteiger partial charge in [0, 0.05) is 25.6 Å². The fraction of sp³-hybridized carbons (Fsp3) is 0.722. The van der Waals surface area contributed by atoms with Crippen molar-refractivity contribution in [3.63, 3.8) is 0 Å². The summed E-state index contributed by atoms with van der Waals surface area (Å²) in [7, 11) is 0. The lowest BCUT2D eigenvalue weighted by Crippen LogP contribution is -2.40. The average molecular weight is 320 g/mol. The van der Waals surface area contributed by atoms with Crippen LogP contribution in [-0.4, -0.2) is 49.6 Å². The number of hydrogen-bond acceptors (Lipinski definition) is 3. The van der Waals surface area contributed by atoms with Crippen LogP contribution < -0.4 is 10.6 Å². The van der Waals surface area contributed by atoms with Gasteiger partial charge < -0.3 is 15.1 Å². The van der Waals surface area contributed by atoms with Gasteiger partial charge in [0.15, 0.2) is 5.96 Å². The third-order valence-corrected chi connectivity index (χ3v) is 4.43. The maximum atomic E-state index is 5.38. The standard InChI is InChI=1S/C18H32N4O/c1-3-5-11-19-18(20-12-10-17-9-7-14-23-17)21-15-16-8-6-13-22(16)4-2/h7,9,14,16H,3-6,8,10-13,15H2,1-2H3,(H2,19,20,21). The quantitative estimate of drug-likeness (QED) is 0.417. The number of aliphatic imine (C=N–C) groups is 1. The number of hydrogen-bond donors (Lipinski definition) is 2. The number of unbranched alkanes of at least 4 members (excludes halogenated alkanes) is 1. The monoisotopic (exact) mass is 320 g/mol. The fourth-order valence-electron chi connectivity index (χ4n) is 3.03. The molecule has 5 heteroatoms. The van der Waals surface area contributed by atoms with Crippen molar-refractivity contribution in [1.29, 1.82) is 0 Å². The molecule has 1 atom stereocenters. The van der Waals surface area contributed by atoms with E-state index in [1.54, 1.807) is 6.26 Å². The Morgan fingerprint density at radius 1 is 1.35 bits per heavy atom. The Labute approximate surface area is 140 Å². The van der Waals surface area contributed by atoms with Gasteiger partial charge in [-0.25, -0.2) is 0 Å². The van der Waals surface area contributed by atoms with Gasteiger partial charge in [-0.3, -0.25) is 9.89 Å². The number of nitrogens with zero attached hydrogens (tertiary/aromatic N) is 2. The third-order valence-electron chi connectivity index (χ3n) is 4.43. The van der Waals surface area contributed by atoms with Gasteiger partial charge in [-0.05, 0) is 44.5 Å². The lowest BCUT2D eigenvalue weighted by Gasteiger charge is -2.21. The third kappa shape index (κ3) is 6.26. The molecule has 130 valence electrons. The summed E-state index contributed by atoms with van der Waals surface area (Å²) in [5.74, 6) is 1.95. The molecule has 23 heavy (non-hydrogen) atoms. The van der Waals surface area contributed by atoms with Crippen molar-refractivity contribution >= 4 is 5.96 Å². The Bertz CT molecular complexity index is 444. The van der Waals surface area contributed by atoms with E-state index in [-0.39, 0.29) is 0 Å².